The summed E-state index contributed by atoms with van der Waals surface area (Å²) in [7, 11) is 0. The van der Waals surface area contributed by atoms with Crippen LogP contribution in [0, 0.1) is 0 Å². The molecule has 0 spiro atoms. The van der Waals surface area contributed by atoms with Crippen LogP contribution in [-0.4, -0.2) is 38.8 Å². The first-order chi connectivity index (χ1) is 6.85. The molecule has 4 nitrogen and oxygen atoms in total. The molecule has 0 rings (SSSR count). The van der Waals surface area contributed by atoms with Crippen LogP contribution in [0.3, 0.4) is 0 Å². The lowest BCUT2D eigenvalue weighted by atomic mass is 10.5. The Balaban J connectivity index is 3.61. The highest BCUT2D eigenvalue weighted by Crippen LogP contribution is 1.79. The number of rotatable bonds is 7. The molecule has 0 bridgehead atoms. The minimum absolute atomic E-state index is 0.729. The van der Waals surface area contributed by atoms with E-state index in [-0.39, 0.29) is 0 Å². The minimum atomic E-state index is 0.729. The highest BCUT2D eigenvalue weighted by atomic mass is 16.5. The number of aliphatic imine (C=N–C) groups is 1. The van der Waals surface area contributed by atoms with Crippen molar-refractivity contribution < 1.29 is 4.74 Å². The van der Waals surface area contributed by atoms with Crippen molar-refractivity contribution in [1.82, 2.24) is 10.6 Å². The van der Waals surface area contributed by atoms with E-state index in [0.29, 0.717) is 0 Å². The lowest BCUT2D eigenvalue weighted by Crippen LogP contribution is -2.39. The molecule has 14 heavy (non-hydrogen) atoms. The van der Waals surface area contributed by atoms with Gasteiger partial charge in [0, 0.05) is 26.2 Å². The van der Waals surface area contributed by atoms with E-state index >= 15 is 0 Å². The van der Waals surface area contributed by atoms with Crippen molar-refractivity contribution in [2.45, 2.75) is 27.2 Å². The Kier molecular flexibility index (Phi) is 9.74. The summed E-state index contributed by atoms with van der Waals surface area (Å²) in [5.41, 5.74) is 0. The van der Waals surface area contributed by atoms with Crippen LogP contribution in [0.5, 0.6) is 0 Å². The maximum absolute atomic E-state index is 5.22. The molecule has 0 radical (unpaired) electrons. The Bertz CT molecular complexity index is 148. The first kappa shape index (κ1) is 13.2. The highest BCUT2D eigenvalue weighted by molar-refractivity contribution is 5.79. The molecule has 2 N–H and O–H groups in total. The standard InChI is InChI=1S/C10H23N3O/c1-4-7-12-10(11-5-2)13-8-9-14-6-3/h4-9H2,1-3H3,(H2,11,12,13). The van der Waals surface area contributed by atoms with Gasteiger partial charge in [0.25, 0.3) is 0 Å². The maximum atomic E-state index is 5.22. The third kappa shape index (κ3) is 7.86. The van der Waals surface area contributed by atoms with Crippen molar-refractivity contribution in [3.05, 3.63) is 0 Å². The molecular formula is C10H23N3O. The van der Waals surface area contributed by atoms with E-state index in [9.17, 15) is 0 Å². The van der Waals surface area contributed by atoms with E-state index in [1.54, 1.807) is 0 Å². The average Bonchev–Trinajstić information content (AvgIpc) is 2.20. The van der Waals surface area contributed by atoms with Crippen molar-refractivity contribution in [2.24, 2.45) is 4.99 Å². The Morgan fingerprint density at radius 3 is 2.57 bits per heavy atom. The number of nitrogens with one attached hydrogen (secondary N) is 2. The molecule has 0 aromatic rings. The molecule has 84 valence electrons. The van der Waals surface area contributed by atoms with Crippen LogP contribution in [0.15, 0.2) is 4.99 Å². The van der Waals surface area contributed by atoms with E-state index in [2.05, 4.69) is 29.5 Å². The number of ether oxygens (including phenoxy) is 1. The van der Waals surface area contributed by atoms with Crippen LogP contribution in [0.25, 0.3) is 0 Å². The summed E-state index contributed by atoms with van der Waals surface area (Å²) in [6, 6.07) is 0. The summed E-state index contributed by atoms with van der Waals surface area (Å²) in [6.45, 7) is 10.2. The Hall–Kier alpha value is -0.770. The van der Waals surface area contributed by atoms with E-state index in [1.165, 1.54) is 0 Å². The largest absolute Gasteiger partial charge is 0.380 e. The average molecular weight is 201 g/mol. The van der Waals surface area contributed by atoms with Gasteiger partial charge in [-0.3, -0.25) is 4.99 Å². The fourth-order valence-corrected chi connectivity index (χ4v) is 0.951. The van der Waals surface area contributed by atoms with Crippen molar-refractivity contribution in [3.63, 3.8) is 0 Å². The first-order valence-electron chi connectivity index (χ1n) is 5.45. The molecule has 4 heteroatoms. The van der Waals surface area contributed by atoms with Gasteiger partial charge < -0.3 is 15.4 Å². The van der Waals surface area contributed by atoms with Crippen molar-refractivity contribution in [3.8, 4) is 0 Å². The number of hydrogen-bond acceptors (Lipinski definition) is 2. The number of hydrogen-bond donors (Lipinski definition) is 2. The maximum Gasteiger partial charge on any atom is 0.191 e. The molecule has 0 aliphatic heterocycles. The van der Waals surface area contributed by atoms with Gasteiger partial charge in [0.15, 0.2) is 5.96 Å². The van der Waals surface area contributed by atoms with Gasteiger partial charge in [0.1, 0.15) is 0 Å². The van der Waals surface area contributed by atoms with Crippen LogP contribution in [-0.2, 0) is 4.74 Å². The SMILES string of the molecule is CCCN=C(NCC)NCCOCC. The molecule has 0 aliphatic rings. The molecular weight excluding hydrogens is 178 g/mol. The van der Waals surface area contributed by atoms with Gasteiger partial charge in [-0.2, -0.15) is 0 Å². The second-order valence-electron chi connectivity index (χ2n) is 2.88. The zero-order valence-corrected chi connectivity index (χ0v) is 9.60. The van der Waals surface area contributed by atoms with E-state index < -0.39 is 0 Å². The molecule has 0 heterocycles. The summed E-state index contributed by atoms with van der Waals surface area (Å²) >= 11 is 0. The van der Waals surface area contributed by atoms with Gasteiger partial charge in [-0.15, -0.1) is 0 Å². The monoisotopic (exact) mass is 201 g/mol. The first-order valence-corrected chi connectivity index (χ1v) is 5.45. The van der Waals surface area contributed by atoms with Gasteiger partial charge in [0.2, 0.25) is 0 Å². The number of guanidine groups is 1. The van der Waals surface area contributed by atoms with Gasteiger partial charge in [0.05, 0.1) is 6.61 Å². The molecule has 0 aromatic heterocycles. The quantitative estimate of drug-likeness (QED) is 0.367. The fourth-order valence-electron chi connectivity index (χ4n) is 0.951. The van der Waals surface area contributed by atoms with E-state index in [1.807, 2.05) is 6.92 Å². The molecule has 0 unspecified atom stereocenters. The molecule has 0 atom stereocenters. The van der Waals surface area contributed by atoms with Gasteiger partial charge in [-0.1, -0.05) is 6.92 Å². The van der Waals surface area contributed by atoms with Crippen LogP contribution < -0.4 is 10.6 Å². The Morgan fingerprint density at radius 1 is 1.21 bits per heavy atom. The summed E-state index contributed by atoms with van der Waals surface area (Å²) in [5.74, 6) is 0.883. The molecule has 0 fully saturated rings. The van der Waals surface area contributed by atoms with Crippen molar-refractivity contribution in [2.75, 3.05) is 32.8 Å². The second-order valence-corrected chi connectivity index (χ2v) is 2.88. The van der Waals surface area contributed by atoms with E-state index in [4.69, 9.17) is 4.74 Å². The summed E-state index contributed by atoms with van der Waals surface area (Å²) in [5, 5.41) is 6.38. The van der Waals surface area contributed by atoms with Crippen LogP contribution in [0.4, 0.5) is 0 Å². The number of nitrogens with zero attached hydrogens (tertiary/aromatic N) is 1. The van der Waals surface area contributed by atoms with Crippen molar-refractivity contribution >= 4 is 5.96 Å². The minimum Gasteiger partial charge on any atom is -0.380 e. The van der Waals surface area contributed by atoms with Crippen molar-refractivity contribution in [1.29, 1.82) is 0 Å². The summed E-state index contributed by atoms with van der Waals surface area (Å²) in [4.78, 5) is 4.37. The zero-order chi connectivity index (χ0) is 10.6. The van der Waals surface area contributed by atoms with Crippen LogP contribution >= 0.6 is 0 Å². The third-order valence-electron chi connectivity index (χ3n) is 1.58. The normalized spacial score (nSPS) is 11.5. The molecule has 0 amide bonds. The smallest absolute Gasteiger partial charge is 0.191 e. The van der Waals surface area contributed by atoms with Gasteiger partial charge >= 0.3 is 0 Å². The Labute approximate surface area is 87.1 Å². The Morgan fingerprint density at radius 2 is 2.00 bits per heavy atom. The fraction of sp³-hybridized carbons (Fsp3) is 0.900. The van der Waals surface area contributed by atoms with Gasteiger partial charge in [-0.25, -0.2) is 0 Å². The zero-order valence-electron chi connectivity index (χ0n) is 9.60. The second kappa shape index (κ2) is 10.3. The molecule has 0 saturated heterocycles. The topological polar surface area (TPSA) is 45.7 Å². The van der Waals surface area contributed by atoms with Gasteiger partial charge in [-0.05, 0) is 20.3 Å². The predicted octanol–water partition coefficient (Wildman–Crippen LogP) is 0.988. The lowest BCUT2D eigenvalue weighted by molar-refractivity contribution is 0.152. The van der Waals surface area contributed by atoms with Crippen LogP contribution in [0.1, 0.15) is 27.2 Å². The lowest BCUT2D eigenvalue weighted by Gasteiger charge is -2.10. The van der Waals surface area contributed by atoms with E-state index in [0.717, 1.165) is 45.2 Å². The summed E-state index contributed by atoms with van der Waals surface area (Å²) < 4.78 is 5.22. The predicted molar refractivity (Wildman–Crippen MR) is 60.8 cm³/mol. The highest BCUT2D eigenvalue weighted by Gasteiger charge is 1.94. The third-order valence-corrected chi connectivity index (χ3v) is 1.58. The van der Waals surface area contributed by atoms with Crippen LogP contribution in [0.2, 0.25) is 0 Å². The molecule has 0 aliphatic carbocycles. The molecule has 0 aromatic carbocycles. The summed E-state index contributed by atoms with van der Waals surface area (Å²) in [6.07, 6.45) is 1.07. The molecule has 0 saturated carbocycles.